The predicted octanol–water partition coefficient (Wildman–Crippen LogP) is 2.02. The topological polar surface area (TPSA) is 61.4 Å². The number of rotatable bonds is 4. The van der Waals surface area contributed by atoms with Crippen LogP contribution in [0.4, 0.5) is 13.6 Å². The van der Waals surface area contributed by atoms with Gasteiger partial charge in [0.2, 0.25) is 0 Å². The summed E-state index contributed by atoms with van der Waals surface area (Å²) in [5, 5.41) is 15.0. The van der Waals surface area contributed by atoms with E-state index in [0.29, 0.717) is 6.54 Å². The standard InChI is InChI=1S/C13H22F2N2O2/c14-13(15)7-10(8-13)17-12(19)16-6-5-9-3-1-2-4-11(9)18/h9-11,18H,1-8H2,(H2,16,17,19)/t9-,11-/m1/s1. The first-order chi connectivity index (χ1) is 8.96. The van der Waals surface area contributed by atoms with Gasteiger partial charge in [-0.2, -0.15) is 0 Å². The zero-order chi connectivity index (χ0) is 13.9. The summed E-state index contributed by atoms with van der Waals surface area (Å²) in [5.41, 5.74) is 0. The zero-order valence-electron chi connectivity index (χ0n) is 11.0. The van der Waals surface area contributed by atoms with Crippen molar-refractivity contribution in [1.29, 1.82) is 0 Å². The molecule has 2 amide bonds. The number of aliphatic hydroxyl groups is 1. The molecule has 19 heavy (non-hydrogen) atoms. The molecule has 0 bridgehead atoms. The Labute approximate surface area is 111 Å². The molecule has 0 unspecified atom stereocenters. The lowest BCUT2D eigenvalue weighted by Gasteiger charge is -2.35. The fourth-order valence-electron chi connectivity index (χ4n) is 2.90. The maximum atomic E-state index is 12.6. The quantitative estimate of drug-likeness (QED) is 0.735. The van der Waals surface area contributed by atoms with Crippen molar-refractivity contribution in [1.82, 2.24) is 10.6 Å². The molecule has 0 saturated heterocycles. The zero-order valence-corrected chi connectivity index (χ0v) is 11.0. The number of amides is 2. The van der Waals surface area contributed by atoms with Crippen molar-refractivity contribution < 1.29 is 18.7 Å². The molecule has 2 saturated carbocycles. The van der Waals surface area contributed by atoms with Crippen molar-refractivity contribution in [3.63, 3.8) is 0 Å². The summed E-state index contributed by atoms with van der Waals surface area (Å²) >= 11 is 0. The molecule has 0 radical (unpaired) electrons. The van der Waals surface area contributed by atoms with Gasteiger partial charge in [0, 0.05) is 25.4 Å². The molecular weight excluding hydrogens is 254 g/mol. The van der Waals surface area contributed by atoms with E-state index in [1.807, 2.05) is 0 Å². The smallest absolute Gasteiger partial charge is 0.315 e. The second-order valence-corrected chi connectivity index (χ2v) is 5.76. The number of hydrogen-bond acceptors (Lipinski definition) is 2. The van der Waals surface area contributed by atoms with Crippen LogP contribution in [-0.4, -0.2) is 35.8 Å². The van der Waals surface area contributed by atoms with E-state index < -0.39 is 12.0 Å². The molecule has 2 aliphatic rings. The molecule has 4 nitrogen and oxygen atoms in total. The van der Waals surface area contributed by atoms with Gasteiger partial charge < -0.3 is 15.7 Å². The molecule has 0 heterocycles. The monoisotopic (exact) mass is 276 g/mol. The number of aliphatic hydroxyl groups excluding tert-OH is 1. The van der Waals surface area contributed by atoms with Gasteiger partial charge in [0.05, 0.1) is 6.10 Å². The fraction of sp³-hybridized carbons (Fsp3) is 0.923. The van der Waals surface area contributed by atoms with Gasteiger partial charge in [0.25, 0.3) is 5.92 Å². The molecule has 110 valence electrons. The average Bonchev–Trinajstić information content (AvgIpc) is 2.29. The van der Waals surface area contributed by atoms with E-state index in [2.05, 4.69) is 10.6 Å². The van der Waals surface area contributed by atoms with E-state index in [4.69, 9.17) is 0 Å². The summed E-state index contributed by atoms with van der Waals surface area (Å²) in [5.74, 6) is -2.36. The van der Waals surface area contributed by atoms with Gasteiger partial charge in [-0.3, -0.25) is 0 Å². The Hall–Kier alpha value is -0.910. The molecule has 2 rings (SSSR count). The fourth-order valence-corrected chi connectivity index (χ4v) is 2.90. The van der Waals surface area contributed by atoms with Crippen molar-refractivity contribution in [2.24, 2.45) is 5.92 Å². The van der Waals surface area contributed by atoms with E-state index in [9.17, 15) is 18.7 Å². The Kier molecular flexibility index (Phi) is 4.60. The third-order valence-corrected chi connectivity index (χ3v) is 4.09. The Morgan fingerprint density at radius 3 is 2.58 bits per heavy atom. The first-order valence-corrected chi connectivity index (χ1v) is 7.06. The number of hydrogen-bond donors (Lipinski definition) is 3. The molecule has 0 aromatic carbocycles. The summed E-state index contributed by atoms with van der Waals surface area (Å²) in [6, 6.07) is -0.791. The van der Waals surface area contributed by atoms with Crippen molar-refractivity contribution in [3.8, 4) is 0 Å². The molecule has 0 aromatic heterocycles. The molecule has 3 N–H and O–H groups in total. The lowest BCUT2D eigenvalue weighted by Crippen LogP contribution is -2.53. The van der Waals surface area contributed by atoms with Crippen molar-refractivity contribution in [3.05, 3.63) is 0 Å². The average molecular weight is 276 g/mol. The minimum absolute atomic E-state index is 0.252. The second-order valence-electron chi connectivity index (χ2n) is 5.76. The Morgan fingerprint density at radius 2 is 1.95 bits per heavy atom. The second kappa shape index (κ2) is 6.03. The van der Waals surface area contributed by atoms with E-state index >= 15 is 0 Å². The van der Waals surface area contributed by atoms with Crippen LogP contribution in [0.1, 0.15) is 44.9 Å². The summed E-state index contributed by atoms with van der Waals surface area (Å²) in [6.07, 6.45) is 4.00. The molecule has 6 heteroatoms. The predicted molar refractivity (Wildman–Crippen MR) is 67.1 cm³/mol. The first kappa shape index (κ1) is 14.5. The summed E-state index contributed by atoms with van der Waals surface area (Å²) in [4.78, 5) is 11.5. The highest BCUT2D eigenvalue weighted by Gasteiger charge is 2.45. The SMILES string of the molecule is O=C(NCC[C@H]1CCCC[C@H]1O)NC1CC(F)(F)C1. The molecule has 2 fully saturated rings. The van der Waals surface area contributed by atoms with Crippen LogP contribution in [0.25, 0.3) is 0 Å². The van der Waals surface area contributed by atoms with Gasteiger partial charge in [-0.05, 0) is 25.2 Å². The van der Waals surface area contributed by atoms with Crippen LogP contribution < -0.4 is 10.6 Å². The summed E-state index contributed by atoms with van der Waals surface area (Å²) in [6.45, 7) is 0.483. The Bertz CT molecular complexity index is 318. The Morgan fingerprint density at radius 1 is 1.26 bits per heavy atom. The van der Waals surface area contributed by atoms with E-state index in [0.717, 1.165) is 32.1 Å². The van der Waals surface area contributed by atoms with Crippen LogP contribution in [0.5, 0.6) is 0 Å². The van der Waals surface area contributed by atoms with Gasteiger partial charge in [0.1, 0.15) is 0 Å². The minimum atomic E-state index is -2.61. The van der Waals surface area contributed by atoms with Gasteiger partial charge in [-0.1, -0.05) is 12.8 Å². The summed E-state index contributed by atoms with van der Waals surface area (Å²) < 4.78 is 25.2. The van der Waals surface area contributed by atoms with Gasteiger partial charge in [0.15, 0.2) is 0 Å². The highest BCUT2D eigenvalue weighted by Crippen LogP contribution is 2.37. The van der Waals surface area contributed by atoms with Crippen molar-refractivity contribution in [2.75, 3.05) is 6.54 Å². The van der Waals surface area contributed by atoms with Gasteiger partial charge >= 0.3 is 6.03 Å². The van der Waals surface area contributed by atoms with Crippen molar-refractivity contribution >= 4 is 6.03 Å². The van der Waals surface area contributed by atoms with Crippen LogP contribution >= 0.6 is 0 Å². The molecule has 0 aliphatic heterocycles. The third-order valence-electron chi connectivity index (χ3n) is 4.09. The van der Waals surface area contributed by atoms with Crippen LogP contribution in [0.2, 0.25) is 0 Å². The number of halogens is 2. The highest BCUT2D eigenvalue weighted by molar-refractivity contribution is 5.74. The minimum Gasteiger partial charge on any atom is -0.393 e. The normalized spacial score (nSPS) is 30.5. The lowest BCUT2D eigenvalue weighted by atomic mass is 9.84. The number of carbonyl (C=O) groups excluding carboxylic acids is 1. The van der Waals surface area contributed by atoms with E-state index in [1.54, 1.807) is 0 Å². The number of carbonyl (C=O) groups is 1. The van der Waals surface area contributed by atoms with Crippen molar-refractivity contribution in [2.45, 2.75) is 63.0 Å². The molecule has 0 aromatic rings. The highest BCUT2D eigenvalue weighted by atomic mass is 19.3. The first-order valence-electron chi connectivity index (χ1n) is 7.06. The molecule has 2 atom stereocenters. The van der Waals surface area contributed by atoms with Crippen LogP contribution in [0, 0.1) is 5.92 Å². The third kappa shape index (κ3) is 4.30. The van der Waals surface area contributed by atoms with Gasteiger partial charge in [-0.25, -0.2) is 13.6 Å². The van der Waals surface area contributed by atoms with Gasteiger partial charge in [-0.15, -0.1) is 0 Å². The summed E-state index contributed by atoms with van der Waals surface area (Å²) in [7, 11) is 0. The largest absolute Gasteiger partial charge is 0.393 e. The number of nitrogens with one attached hydrogen (secondary N) is 2. The maximum absolute atomic E-state index is 12.6. The molecule has 2 aliphatic carbocycles. The lowest BCUT2D eigenvalue weighted by molar-refractivity contribution is -0.0896. The maximum Gasteiger partial charge on any atom is 0.315 e. The van der Waals surface area contributed by atoms with Crippen LogP contribution in [0.3, 0.4) is 0 Å². The van der Waals surface area contributed by atoms with E-state index in [1.165, 1.54) is 0 Å². The van der Waals surface area contributed by atoms with E-state index in [-0.39, 0.29) is 30.9 Å². The molecular formula is C13H22F2N2O2. The Balaban J connectivity index is 1.56. The van der Waals surface area contributed by atoms with Crippen LogP contribution in [0.15, 0.2) is 0 Å². The number of alkyl halides is 2. The number of urea groups is 1. The molecule has 0 spiro atoms. The van der Waals surface area contributed by atoms with Crippen LogP contribution in [-0.2, 0) is 0 Å².